The van der Waals surface area contributed by atoms with Crippen LogP contribution in [0.3, 0.4) is 0 Å². The van der Waals surface area contributed by atoms with Gasteiger partial charge >= 0.3 is 5.97 Å². The number of carbonyl (C=O) groups is 1. The fourth-order valence-corrected chi connectivity index (χ4v) is 3.41. The van der Waals surface area contributed by atoms with Gasteiger partial charge in [0.05, 0.1) is 18.0 Å². The molecule has 28 heavy (non-hydrogen) atoms. The van der Waals surface area contributed by atoms with Gasteiger partial charge in [-0.3, -0.25) is 4.79 Å². The van der Waals surface area contributed by atoms with Gasteiger partial charge in [0.15, 0.2) is 0 Å². The Bertz CT molecular complexity index is 936. The average molecular weight is 377 g/mol. The number of pyridine rings is 1. The number of aromatic nitrogens is 1. The number of nitrogens with one attached hydrogen (secondary N) is 1. The molecular formula is C24H28N2O2. The molecule has 0 aliphatic heterocycles. The molecule has 0 atom stereocenters. The van der Waals surface area contributed by atoms with Crippen molar-refractivity contribution in [2.24, 2.45) is 5.41 Å². The van der Waals surface area contributed by atoms with E-state index in [0.29, 0.717) is 0 Å². The molecule has 4 heteroatoms. The van der Waals surface area contributed by atoms with Gasteiger partial charge < -0.3 is 10.1 Å². The fourth-order valence-electron chi connectivity index (χ4n) is 3.41. The highest BCUT2D eigenvalue weighted by molar-refractivity contribution is 5.96. The minimum absolute atomic E-state index is 0.149. The lowest BCUT2D eigenvalue weighted by molar-refractivity contribution is -0.151. The highest BCUT2D eigenvalue weighted by Gasteiger charge is 2.27. The number of esters is 1. The smallest absolute Gasteiger partial charge is 0.311 e. The molecule has 1 aromatic heterocycles. The van der Waals surface area contributed by atoms with E-state index >= 15 is 0 Å². The van der Waals surface area contributed by atoms with Crippen LogP contribution in [0.5, 0.6) is 0 Å². The summed E-state index contributed by atoms with van der Waals surface area (Å²) in [6, 6.07) is 20.7. The standard InChI is InChI=1S/C24H28N2O2/c1-24(2,23(27)28-3)15-9-10-16-25-22-17-20(18-11-5-4-6-12-18)19-13-7-8-14-21(19)26-22/h4-8,11-14,17H,9-10,15-16H2,1-3H3,(H,25,26). The van der Waals surface area contributed by atoms with Crippen molar-refractivity contribution in [3.05, 3.63) is 60.7 Å². The third-order valence-electron chi connectivity index (χ3n) is 5.07. The summed E-state index contributed by atoms with van der Waals surface area (Å²) in [5, 5.41) is 4.60. The Hall–Kier alpha value is -2.88. The number of hydrogen-bond donors (Lipinski definition) is 1. The van der Waals surface area contributed by atoms with Gasteiger partial charge in [-0.2, -0.15) is 0 Å². The van der Waals surface area contributed by atoms with Crippen molar-refractivity contribution in [1.82, 2.24) is 4.98 Å². The molecule has 3 rings (SSSR count). The summed E-state index contributed by atoms with van der Waals surface area (Å²) in [4.78, 5) is 16.5. The molecule has 1 N–H and O–H groups in total. The number of methoxy groups -OCH3 is 1. The second-order valence-corrected chi connectivity index (χ2v) is 7.70. The Morgan fingerprint density at radius 2 is 1.75 bits per heavy atom. The van der Waals surface area contributed by atoms with E-state index in [1.807, 2.05) is 38.1 Å². The normalized spacial score (nSPS) is 11.4. The number of benzene rings is 2. The number of anilines is 1. The van der Waals surface area contributed by atoms with Gasteiger partial charge in [0.2, 0.25) is 0 Å². The van der Waals surface area contributed by atoms with Gasteiger partial charge in [0.1, 0.15) is 5.82 Å². The maximum absolute atomic E-state index is 11.8. The van der Waals surface area contributed by atoms with E-state index in [1.165, 1.54) is 18.2 Å². The lowest BCUT2D eigenvalue weighted by atomic mass is 9.87. The largest absolute Gasteiger partial charge is 0.469 e. The Balaban J connectivity index is 1.68. The van der Waals surface area contributed by atoms with Crippen LogP contribution in [0, 0.1) is 5.41 Å². The van der Waals surface area contributed by atoms with Gasteiger partial charge in [0.25, 0.3) is 0 Å². The number of nitrogens with zero attached hydrogens (tertiary/aromatic N) is 1. The van der Waals surface area contributed by atoms with E-state index in [4.69, 9.17) is 9.72 Å². The highest BCUT2D eigenvalue weighted by atomic mass is 16.5. The first kappa shape index (κ1) is 19.9. The van der Waals surface area contributed by atoms with Crippen LogP contribution >= 0.6 is 0 Å². The first-order valence-corrected chi connectivity index (χ1v) is 9.79. The molecular weight excluding hydrogens is 348 g/mol. The zero-order valence-electron chi connectivity index (χ0n) is 16.9. The molecule has 146 valence electrons. The number of hydrogen-bond acceptors (Lipinski definition) is 4. The zero-order chi connectivity index (χ0) is 20.0. The number of unbranched alkanes of at least 4 members (excludes halogenated alkanes) is 1. The average Bonchev–Trinajstić information content (AvgIpc) is 2.72. The summed E-state index contributed by atoms with van der Waals surface area (Å²) >= 11 is 0. The molecule has 0 amide bonds. The molecule has 0 unspecified atom stereocenters. The van der Waals surface area contributed by atoms with Gasteiger partial charge in [0, 0.05) is 11.9 Å². The number of carbonyl (C=O) groups excluding carboxylic acids is 1. The SMILES string of the molecule is COC(=O)C(C)(C)CCCCNc1cc(-c2ccccc2)c2ccccc2n1. The van der Waals surface area contributed by atoms with Crippen molar-refractivity contribution in [3.8, 4) is 11.1 Å². The molecule has 0 saturated carbocycles. The van der Waals surface area contributed by atoms with E-state index in [-0.39, 0.29) is 5.97 Å². The van der Waals surface area contributed by atoms with Crippen LogP contribution in [0.15, 0.2) is 60.7 Å². The van der Waals surface area contributed by atoms with Crippen molar-refractivity contribution in [1.29, 1.82) is 0 Å². The third kappa shape index (κ3) is 4.69. The molecule has 3 aromatic rings. The fraction of sp³-hybridized carbons (Fsp3) is 0.333. The maximum Gasteiger partial charge on any atom is 0.311 e. The molecule has 2 aromatic carbocycles. The van der Waals surface area contributed by atoms with Crippen molar-refractivity contribution >= 4 is 22.7 Å². The number of rotatable bonds is 8. The van der Waals surface area contributed by atoms with Gasteiger partial charge in [-0.05, 0) is 49.9 Å². The summed E-state index contributed by atoms with van der Waals surface area (Å²) < 4.78 is 4.87. The van der Waals surface area contributed by atoms with Gasteiger partial charge in [-0.1, -0.05) is 55.0 Å². The van der Waals surface area contributed by atoms with Crippen LogP contribution in [0.4, 0.5) is 5.82 Å². The second kappa shape index (κ2) is 8.87. The van der Waals surface area contributed by atoms with E-state index in [9.17, 15) is 4.79 Å². The summed E-state index contributed by atoms with van der Waals surface area (Å²) in [6.07, 6.45) is 2.73. The van der Waals surface area contributed by atoms with Crippen LogP contribution in [0.25, 0.3) is 22.0 Å². The number of ether oxygens (including phenoxy) is 1. The van der Waals surface area contributed by atoms with Crippen molar-refractivity contribution < 1.29 is 9.53 Å². The highest BCUT2D eigenvalue weighted by Crippen LogP contribution is 2.30. The van der Waals surface area contributed by atoms with Crippen molar-refractivity contribution in [2.45, 2.75) is 33.1 Å². The van der Waals surface area contributed by atoms with Crippen molar-refractivity contribution in [2.75, 3.05) is 19.0 Å². The van der Waals surface area contributed by atoms with Crippen LogP contribution < -0.4 is 5.32 Å². The molecule has 0 fully saturated rings. The minimum atomic E-state index is -0.434. The lowest BCUT2D eigenvalue weighted by Crippen LogP contribution is -2.25. The van der Waals surface area contributed by atoms with Crippen LogP contribution in [-0.2, 0) is 9.53 Å². The molecule has 0 radical (unpaired) electrons. The number of fused-ring (bicyclic) bond motifs is 1. The molecule has 0 saturated heterocycles. The van der Waals surface area contributed by atoms with Crippen LogP contribution in [0.2, 0.25) is 0 Å². The summed E-state index contributed by atoms with van der Waals surface area (Å²) in [5.74, 6) is 0.730. The van der Waals surface area contributed by atoms with Crippen LogP contribution in [0.1, 0.15) is 33.1 Å². The summed E-state index contributed by atoms with van der Waals surface area (Å²) in [6.45, 7) is 4.68. The Kier molecular flexibility index (Phi) is 6.30. The minimum Gasteiger partial charge on any atom is -0.469 e. The monoisotopic (exact) mass is 376 g/mol. The lowest BCUT2D eigenvalue weighted by Gasteiger charge is -2.21. The first-order chi connectivity index (χ1) is 13.5. The Labute approximate surface area is 166 Å². The Morgan fingerprint density at radius 1 is 1.04 bits per heavy atom. The second-order valence-electron chi connectivity index (χ2n) is 7.70. The molecule has 0 bridgehead atoms. The summed E-state index contributed by atoms with van der Waals surface area (Å²) in [7, 11) is 1.45. The molecule has 4 nitrogen and oxygen atoms in total. The Morgan fingerprint density at radius 3 is 2.50 bits per heavy atom. The third-order valence-corrected chi connectivity index (χ3v) is 5.07. The predicted octanol–water partition coefficient (Wildman–Crippen LogP) is 5.68. The molecule has 1 heterocycles. The van der Waals surface area contributed by atoms with Gasteiger partial charge in [-0.25, -0.2) is 4.98 Å². The first-order valence-electron chi connectivity index (χ1n) is 9.79. The van der Waals surface area contributed by atoms with E-state index < -0.39 is 5.41 Å². The summed E-state index contributed by atoms with van der Waals surface area (Å²) in [5.41, 5.74) is 2.92. The zero-order valence-corrected chi connectivity index (χ0v) is 16.9. The predicted molar refractivity (Wildman–Crippen MR) is 115 cm³/mol. The number of para-hydroxylation sites is 1. The van der Waals surface area contributed by atoms with Crippen LogP contribution in [-0.4, -0.2) is 24.6 Å². The molecule has 0 spiro atoms. The van der Waals surface area contributed by atoms with E-state index in [2.05, 4.69) is 41.7 Å². The van der Waals surface area contributed by atoms with Crippen molar-refractivity contribution in [3.63, 3.8) is 0 Å². The van der Waals surface area contributed by atoms with E-state index in [1.54, 1.807) is 0 Å². The molecule has 0 aliphatic carbocycles. The van der Waals surface area contributed by atoms with E-state index in [0.717, 1.165) is 42.5 Å². The van der Waals surface area contributed by atoms with Gasteiger partial charge in [-0.15, -0.1) is 0 Å². The maximum atomic E-state index is 11.8. The topological polar surface area (TPSA) is 51.2 Å². The quantitative estimate of drug-likeness (QED) is 0.406. The molecule has 0 aliphatic rings.